The van der Waals surface area contributed by atoms with E-state index in [-0.39, 0.29) is 5.78 Å². The summed E-state index contributed by atoms with van der Waals surface area (Å²) in [5.41, 5.74) is 3.55. The molecule has 0 aliphatic rings. The molecule has 4 heteroatoms. The Morgan fingerprint density at radius 3 is 2.17 bits per heavy atom. The summed E-state index contributed by atoms with van der Waals surface area (Å²) in [6, 6.07) is 5.28. The minimum atomic E-state index is 0.00981. The van der Waals surface area contributed by atoms with Crippen LogP contribution in [0.3, 0.4) is 0 Å². The average molecular weight is 243 g/mol. The first-order valence-electron chi connectivity index (χ1n) is 5.69. The van der Waals surface area contributed by atoms with Gasteiger partial charge < -0.3 is 0 Å². The highest BCUT2D eigenvalue weighted by Crippen LogP contribution is 1.98. The van der Waals surface area contributed by atoms with E-state index < -0.39 is 0 Å². The van der Waals surface area contributed by atoms with Crippen LogP contribution in [0, 0.1) is 20.8 Å². The van der Waals surface area contributed by atoms with Crippen molar-refractivity contribution in [1.29, 1.82) is 0 Å². The first kappa shape index (κ1) is 14.0. The Hall–Kier alpha value is -2.10. The average Bonchev–Trinajstić information content (AvgIpc) is 2.36. The molecule has 0 radical (unpaired) electrons. The number of hydrogen-bond acceptors (Lipinski definition) is 4. The minimum absolute atomic E-state index is 0.00981. The van der Waals surface area contributed by atoms with Crippen molar-refractivity contribution in [2.75, 3.05) is 0 Å². The topological polar surface area (TPSA) is 55.7 Å². The molecule has 0 unspecified atom stereocenters. The molecule has 2 aromatic rings. The van der Waals surface area contributed by atoms with Crippen LogP contribution in [0.2, 0.25) is 0 Å². The van der Waals surface area contributed by atoms with E-state index in [1.807, 2.05) is 20.8 Å². The molecule has 0 saturated heterocycles. The molecule has 4 nitrogen and oxygen atoms in total. The zero-order valence-corrected chi connectivity index (χ0v) is 11.1. The molecule has 0 aromatic carbocycles. The fourth-order valence-electron chi connectivity index (χ4n) is 1.23. The first-order chi connectivity index (χ1) is 8.50. The summed E-state index contributed by atoms with van der Waals surface area (Å²) in [5.74, 6) is 0.00981. The molecule has 2 rings (SSSR count). The van der Waals surface area contributed by atoms with E-state index in [0.29, 0.717) is 5.69 Å². The molecule has 0 spiro atoms. The third kappa shape index (κ3) is 4.41. The second kappa shape index (κ2) is 6.59. The van der Waals surface area contributed by atoms with Crippen molar-refractivity contribution in [3.8, 4) is 0 Å². The summed E-state index contributed by atoms with van der Waals surface area (Å²) in [5, 5.41) is 0. The summed E-state index contributed by atoms with van der Waals surface area (Å²) in [6.07, 6.45) is 3.39. The lowest BCUT2D eigenvalue weighted by atomic mass is 10.3. The number of aryl methyl sites for hydroxylation is 3. The third-order valence-corrected chi connectivity index (χ3v) is 2.34. The molecular weight excluding hydrogens is 226 g/mol. The molecule has 94 valence electrons. The van der Waals surface area contributed by atoms with Gasteiger partial charge in [0.05, 0.1) is 17.1 Å². The van der Waals surface area contributed by atoms with Crippen molar-refractivity contribution in [2.45, 2.75) is 27.7 Å². The van der Waals surface area contributed by atoms with Crippen LogP contribution in [0.15, 0.2) is 30.6 Å². The maximum atomic E-state index is 10.6. The van der Waals surface area contributed by atoms with Gasteiger partial charge in [0, 0.05) is 19.3 Å². The van der Waals surface area contributed by atoms with Crippen LogP contribution < -0.4 is 0 Å². The third-order valence-electron chi connectivity index (χ3n) is 2.34. The fourth-order valence-corrected chi connectivity index (χ4v) is 1.23. The Labute approximate surface area is 107 Å². The highest BCUT2D eigenvalue weighted by Gasteiger charge is 1.95. The standard InChI is InChI=1S/C7H10N2.C7H7NO/c1-5-4-8-6(2)7(3)9-5;1-6(9)7-4-2-3-5-8-7/h4H,1-3H3;2-5H,1H3. The Morgan fingerprint density at radius 2 is 1.78 bits per heavy atom. The van der Waals surface area contributed by atoms with Gasteiger partial charge in [-0.05, 0) is 32.9 Å². The molecule has 0 fully saturated rings. The van der Waals surface area contributed by atoms with Crippen molar-refractivity contribution in [1.82, 2.24) is 15.0 Å². The van der Waals surface area contributed by atoms with Crippen LogP contribution in [0.4, 0.5) is 0 Å². The molecular formula is C14H17N3O. The molecule has 0 bridgehead atoms. The number of ketones is 1. The highest BCUT2D eigenvalue weighted by molar-refractivity contribution is 5.91. The van der Waals surface area contributed by atoms with Gasteiger partial charge in [-0.15, -0.1) is 0 Å². The second-order valence-electron chi connectivity index (χ2n) is 3.95. The van der Waals surface area contributed by atoms with Crippen molar-refractivity contribution in [2.24, 2.45) is 0 Å². The second-order valence-corrected chi connectivity index (χ2v) is 3.95. The van der Waals surface area contributed by atoms with Crippen LogP contribution in [0.1, 0.15) is 34.5 Å². The first-order valence-corrected chi connectivity index (χ1v) is 5.69. The lowest BCUT2D eigenvalue weighted by Gasteiger charge is -1.96. The maximum Gasteiger partial charge on any atom is 0.178 e. The molecule has 18 heavy (non-hydrogen) atoms. The highest BCUT2D eigenvalue weighted by atomic mass is 16.1. The van der Waals surface area contributed by atoms with Gasteiger partial charge in [0.2, 0.25) is 0 Å². The zero-order chi connectivity index (χ0) is 13.5. The number of carbonyl (C=O) groups is 1. The molecule has 0 amide bonds. The smallest absolute Gasteiger partial charge is 0.178 e. The van der Waals surface area contributed by atoms with E-state index in [0.717, 1.165) is 17.1 Å². The van der Waals surface area contributed by atoms with E-state index in [2.05, 4.69) is 15.0 Å². The molecule has 0 saturated carbocycles. The van der Waals surface area contributed by atoms with E-state index >= 15 is 0 Å². The summed E-state index contributed by atoms with van der Waals surface area (Å²) in [7, 11) is 0. The SMILES string of the molecule is CC(=O)c1ccccn1.Cc1cnc(C)c(C)n1. The Kier molecular flexibility index (Phi) is 5.11. The zero-order valence-electron chi connectivity index (χ0n) is 11.1. The number of rotatable bonds is 1. The number of hydrogen-bond donors (Lipinski definition) is 0. The van der Waals surface area contributed by atoms with Gasteiger partial charge in [0.15, 0.2) is 5.78 Å². The van der Waals surface area contributed by atoms with E-state index in [1.54, 1.807) is 30.6 Å². The lowest BCUT2D eigenvalue weighted by Crippen LogP contribution is -1.93. The summed E-state index contributed by atoms with van der Waals surface area (Å²) >= 11 is 0. The van der Waals surface area contributed by atoms with Crippen molar-refractivity contribution >= 4 is 5.78 Å². The van der Waals surface area contributed by atoms with Gasteiger partial charge in [-0.2, -0.15) is 0 Å². The van der Waals surface area contributed by atoms with E-state index in [1.165, 1.54) is 6.92 Å². The summed E-state index contributed by atoms with van der Waals surface area (Å²) in [4.78, 5) is 22.7. The van der Waals surface area contributed by atoms with Gasteiger partial charge in [0.25, 0.3) is 0 Å². The maximum absolute atomic E-state index is 10.6. The molecule has 0 N–H and O–H groups in total. The molecule has 2 aromatic heterocycles. The number of pyridine rings is 1. The van der Waals surface area contributed by atoms with Gasteiger partial charge in [-0.25, -0.2) is 0 Å². The molecule has 0 atom stereocenters. The molecule has 0 aliphatic heterocycles. The number of nitrogens with zero attached hydrogens (tertiary/aromatic N) is 3. The van der Waals surface area contributed by atoms with Crippen molar-refractivity contribution < 1.29 is 4.79 Å². The van der Waals surface area contributed by atoms with Gasteiger partial charge in [-0.1, -0.05) is 6.07 Å². The predicted molar refractivity (Wildman–Crippen MR) is 70.5 cm³/mol. The molecule has 0 aliphatic carbocycles. The van der Waals surface area contributed by atoms with E-state index in [4.69, 9.17) is 0 Å². The van der Waals surface area contributed by atoms with Crippen LogP contribution in [-0.2, 0) is 0 Å². The van der Waals surface area contributed by atoms with Crippen molar-refractivity contribution in [3.05, 3.63) is 53.4 Å². The van der Waals surface area contributed by atoms with Crippen molar-refractivity contribution in [3.63, 3.8) is 0 Å². The van der Waals surface area contributed by atoms with Crippen LogP contribution in [-0.4, -0.2) is 20.7 Å². The number of Topliss-reactive ketones (excluding diaryl/α,β-unsaturated/α-hetero) is 1. The Balaban J connectivity index is 0.000000180. The Morgan fingerprint density at radius 1 is 1.06 bits per heavy atom. The van der Waals surface area contributed by atoms with Crippen LogP contribution in [0.5, 0.6) is 0 Å². The monoisotopic (exact) mass is 243 g/mol. The van der Waals surface area contributed by atoms with E-state index in [9.17, 15) is 4.79 Å². The largest absolute Gasteiger partial charge is 0.293 e. The Bertz CT molecular complexity index is 524. The normalized spacial score (nSPS) is 9.33. The molecule has 2 heterocycles. The quantitative estimate of drug-likeness (QED) is 0.722. The van der Waals surface area contributed by atoms with Crippen LogP contribution in [0.25, 0.3) is 0 Å². The summed E-state index contributed by atoms with van der Waals surface area (Å²) < 4.78 is 0. The lowest BCUT2D eigenvalue weighted by molar-refractivity contribution is 0.101. The summed E-state index contributed by atoms with van der Waals surface area (Å²) in [6.45, 7) is 7.37. The fraction of sp³-hybridized carbons (Fsp3) is 0.286. The van der Waals surface area contributed by atoms with Gasteiger partial charge in [-0.3, -0.25) is 19.7 Å². The van der Waals surface area contributed by atoms with Gasteiger partial charge in [0.1, 0.15) is 5.69 Å². The predicted octanol–water partition coefficient (Wildman–Crippen LogP) is 2.69. The van der Waals surface area contributed by atoms with Crippen LogP contribution >= 0.6 is 0 Å². The number of aromatic nitrogens is 3. The minimum Gasteiger partial charge on any atom is -0.293 e. The number of carbonyl (C=O) groups excluding carboxylic acids is 1. The van der Waals surface area contributed by atoms with Gasteiger partial charge >= 0.3 is 0 Å².